The highest BCUT2D eigenvalue weighted by Gasteiger charge is 2.62. The molecule has 1 N–H and O–H groups in total. The van der Waals surface area contributed by atoms with E-state index in [0.717, 1.165) is 11.8 Å². The van der Waals surface area contributed by atoms with Gasteiger partial charge in [0.25, 0.3) is 0 Å². The largest absolute Gasteiger partial charge is 0.314 e. The maximum atomic E-state index is 3.61. The molecular formula is C14H21NS. The van der Waals surface area contributed by atoms with E-state index in [1.165, 1.54) is 25.8 Å². The maximum Gasteiger partial charge on any atom is 0.0119 e. The predicted molar refractivity (Wildman–Crippen MR) is 70.0 cm³/mol. The molecule has 1 heterocycles. The van der Waals surface area contributed by atoms with E-state index in [-0.39, 0.29) is 0 Å². The Morgan fingerprint density at radius 3 is 2.88 bits per heavy atom. The van der Waals surface area contributed by atoms with E-state index in [1.807, 2.05) is 11.3 Å². The Bertz CT molecular complexity index is 353. The van der Waals surface area contributed by atoms with E-state index < -0.39 is 0 Å². The molecule has 2 atom stereocenters. The van der Waals surface area contributed by atoms with Gasteiger partial charge in [0.2, 0.25) is 0 Å². The van der Waals surface area contributed by atoms with Gasteiger partial charge in [-0.25, -0.2) is 0 Å². The van der Waals surface area contributed by atoms with Gasteiger partial charge in [0, 0.05) is 16.3 Å². The first-order valence-electron chi connectivity index (χ1n) is 6.51. The highest BCUT2D eigenvalue weighted by atomic mass is 32.1. The first-order chi connectivity index (χ1) is 7.73. The Morgan fingerprint density at radius 1 is 1.50 bits per heavy atom. The van der Waals surface area contributed by atoms with E-state index in [4.69, 9.17) is 0 Å². The standard InChI is InChI=1S/C14H21NS/c1-10(2)15-9-12-8-14(12,11-5-6-11)13-4-3-7-16-13/h3-4,7,10-12,15H,5-6,8-9H2,1-2H3. The van der Waals surface area contributed by atoms with Crippen molar-refractivity contribution >= 4 is 11.3 Å². The molecule has 0 aliphatic heterocycles. The van der Waals surface area contributed by atoms with E-state index in [0.29, 0.717) is 11.5 Å². The summed E-state index contributed by atoms with van der Waals surface area (Å²) in [5, 5.41) is 5.85. The Labute approximate surface area is 102 Å². The lowest BCUT2D eigenvalue weighted by atomic mass is 9.95. The number of rotatable bonds is 5. The van der Waals surface area contributed by atoms with Gasteiger partial charge in [-0.05, 0) is 49.1 Å². The summed E-state index contributed by atoms with van der Waals surface area (Å²) < 4.78 is 0. The van der Waals surface area contributed by atoms with Crippen LogP contribution in [0.4, 0.5) is 0 Å². The minimum atomic E-state index is 0.593. The molecule has 0 amide bonds. The Kier molecular flexibility index (Phi) is 2.60. The van der Waals surface area contributed by atoms with Crippen molar-refractivity contribution in [3.63, 3.8) is 0 Å². The van der Waals surface area contributed by atoms with Crippen molar-refractivity contribution in [3.8, 4) is 0 Å². The molecular weight excluding hydrogens is 214 g/mol. The lowest BCUT2D eigenvalue weighted by molar-refractivity contribution is 0.487. The van der Waals surface area contributed by atoms with E-state index in [2.05, 4.69) is 36.7 Å². The lowest BCUT2D eigenvalue weighted by Crippen LogP contribution is -2.27. The average molecular weight is 235 g/mol. The third-order valence-electron chi connectivity index (χ3n) is 4.21. The van der Waals surface area contributed by atoms with Crippen LogP contribution in [-0.2, 0) is 5.41 Å². The fourth-order valence-electron chi connectivity index (χ4n) is 3.13. The first kappa shape index (κ1) is 10.8. The topological polar surface area (TPSA) is 12.0 Å². The third-order valence-corrected chi connectivity index (χ3v) is 5.27. The van der Waals surface area contributed by atoms with Gasteiger partial charge in [-0.2, -0.15) is 0 Å². The number of hydrogen-bond donors (Lipinski definition) is 1. The molecule has 88 valence electrons. The molecule has 0 saturated heterocycles. The molecule has 2 fully saturated rings. The second-order valence-electron chi connectivity index (χ2n) is 5.76. The molecule has 0 aromatic carbocycles. The molecule has 2 aliphatic rings. The van der Waals surface area contributed by atoms with Gasteiger partial charge < -0.3 is 5.32 Å². The molecule has 1 nitrogen and oxygen atoms in total. The summed E-state index contributed by atoms with van der Waals surface area (Å²) >= 11 is 1.97. The van der Waals surface area contributed by atoms with Crippen LogP contribution in [0.2, 0.25) is 0 Å². The number of hydrogen-bond acceptors (Lipinski definition) is 2. The maximum absolute atomic E-state index is 3.61. The number of nitrogens with one attached hydrogen (secondary N) is 1. The van der Waals surface area contributed by atoms with Gasteiger partial charge in [0.05, 0.1) is 0 Å². The van der Waals surface area contributed by atoms with E-state index >= 15 is 0 Å². The fraction of sp³-hybridized carbons (Fsp3) is 0.714. The van der Waals surface area contributed by atoms with Crippen LogP contribution in [0.25, 0.3) is 0 Å². The summed E-state index contributed by atoms with van der Waals surface area (Å²) in [7, 11) is 0. The molecule has 1 aromatic rings. The van der Waals surface area contributed by atoms with Crippen molar-refractivity contribution in [3.05, 3.63) is 22.4 Å². The second-order valence-corrected chi connectivity index (χ2v) is 6.70. The van der Waals surface area contributed by atoms with Crippen molar-refractivity contribution < 1.29 is 0 Å². The van der Waals surface area contributed by atoms with Crippen LogP contribution in [0.5, 0.6) is 0 Å². The number of thiophene rings is 1. The van der Waals surface area contributed by atoms with Crippen molar-refractivity contribution in [1.82, 2.24) is 5.32 Å². The monoisotopic (exact) mass is 235 g/mol. The summed E-state index contributed by atoms with van der Waals surface area (Å²) in [6.07, 6.45) is 4.37. The lowest BCUT2D eigenvalue weighted by Gasteiger charge is -2.16. The summed E-state index contributed by atoms with van der Waals surface area (Å²) in [5.41, 5.74) is 0.593. The van der Waals surface area contributed by atoms with Crippen LogP contribution in [0.15, 0.2) is 17.5 Å². The predicted octanol–water partition coefficient (Wildman–Crippen LogP) is 3.41. The molecule has 2 saturated carbocycles. The molecule has 0 radical (unpaired) electrons. The van der Waals surface area contributed by atoms with Gasteiger partial charge in [0.15, 0.2) is 0 Å². The molecule has 1 aromatic heterocycles. The molecule has 16 heavy (non-hydrogen) atoms. The molecule has 0 spiro atoms. The zero-order chi connectivity index (χ0) is 11.2. The highest BCUT2D eigenvalue weighted by Crippen LogP contribution is 2.66. The summed E-state index contributed by atoms with van der Waals surface area (Å²) in [4.78, 5) is 1.66. The zero-order valence-electron chi connectivity index (χ0n) is 10.2. The highest BCUT2D eigenvalue weighted by molar-refractivity contribution is 7.10. The quantitative estimate of drug-likeness (QED) is 0.824. The summed E-state index contributed by atoms with van der Waals surface area (Å²) in [5.74, 6) is 1.91. The molecule has 2 heteroatoms. The molecule has 0 bridgehead atoms. The fourth-order valence-corrected chi connectivity index (χ4v) is 4.22. The zero-order valence-corrected chi connectivity index (χ0v) is 11.0. The van der Waals surface area contributed by atoms with Crippen molar-refractivity contribution in [2.75, 3.05) is 6.54 Å². The van der Waals surface area contributed by atoms with Gasteiger partial charge in [-0.1, -0.05) is 19.9 Å². The Balaban J connectivity index is 1.71. The average Bonchev–Trinajstić information content (AvgIpc) is 3.14. The smallest absolute Gasteiger partial charge is 0.0119 e. The minimum absolute atomic E-state index is 0.593. The third kappa shape index (κ3) is 1.72. The van der Waals surface area contributed by atoms with Crippen LogP contribution < -0.4 is 5.32 Å². The SMILES string of the molecule is CC(C)NCC1CC1(c1cccs1)C1CC1. The first-order valence-corrected chi connectivity index (χ1v) is 7.39. The summed E-state index contributed by atoms with van der Waals surface area (Å²) in [6, 6.07) is 5.20. The van der Waals surface area contributed by atoms with Gasteiger partial charge in [-0.15, -0.1) is 11.3 Å². The van der Waals surface area contributed by atoms with Crippen LogP contribution in [-0.4, -0.2) is 12.6 Å². The van der Waals surface area contributed by atoms with Gasteiger partial charge in [0.1, 0.15) is 0 Å². The molecule has 2 aliphatic carbocycles. The van der Waals surface area contributed by atoms with Crippen LogP contribution >= 0.6 is 11.3 Å². The summed E-state index contributed by atoms with van der Waals surface area (Å²) in [6.45, 7) is 5.70. The van der Waals surface area contributed by atoms with E-state index in [1.54, 1.807) is 4.88 Å². The second kappa shape index (κ2) is 3.85. The van der Waals surface area contributed by atoms with Crippen molar-refractivity contribution in [2.45, 2.75) is 44.6 Å². The van der Waals surface area contributed by atoms with Crippen molar-refractivity contribution in [2.24, 2.45) is 11.8 Å². The van der Waals surface area contributed by atoms with E-state index in [9.17, 15) is 0 Å². The molecule has 2 unspecified atom stereocenters. The Hall–Kier alpha value is -0.340. The van der Waals surface area contributed by atoms with Gasteiger partial charge >= 0.3 is 0 Å². The van der Waals surface area contributed by atoms with Crippen LogP contribution in [0.3, 0.4) is 0 Å². The van der Waals surface area contributed by atoms with Crippen LogP contribution in [0, 0.1) is 11.8 Å². The van der Waals surface area contributed by atoms with Gasteiger partial charge in [-0.3, -0.25) is 0 Å². The minimum Gasteiger partial charge on any atom is -0.314 e. The van der Waals surface area contributed by atoms with Crippen LogP contribution in [0.1, 0.15) is 38.0 Å². The Morgan fingerprint density at radius 2 is 2.31 bits per heavy atom. The normalized spacial score (nSPS) is 33.3. The van der Waals surface area contributed by atoms with Crippen molar-refractivity contribution in [1.29, 1.82) is 0 Å². The molecule has 3 rings (SSSR count).